The molecule has 2 aromatic rings. The monoisotopic (exact) mass is 262 g/mol. The van der Waals surface area contributed by atoms with Crippen molar-refractivity contribution in [1.29, 1.82) is 0 Å². The van der Waals surface area contributed by atoms with Gasteiger partial charge in [0.15, 0.2) is 0 Å². The van der Waals surface area contributed by atoms with Gasteiger partial charge in [0, 0.05) is 23.2 Å². The molecule has 0 aliphatic rings. The Balaban J connectivity index is 2.14. The molecule has 0 amide bonds. The molecule has 0 bridgehead atoms. The molecule has 6 heteroatoms. The first kappa shape index (κ1) is 12.3. The van der Waals surface area contributed by atoms with Crippen molar-refractivity contribution >= 4 is 23.4 Å². The Bertz CT molecular complexity index is 643. The molecule has 0 atom stereocenters. The van der Waals surface area contributed by atoms with E-state index >= 15 is 0 Å². The molecule has 0 radical (unpaired) electrons. The van der Waals surface area contributed by atoms with Crippen LogP contribution in [0.1, 0.15) is 10.4 Å². The Kier molecular flexibility index (Phi) is 3.69. The van der Waals surface area contributed by atoms with Crippen molar-refractivity contribution < 1.29 is 9.90 Å². The molecule has 2 aromatic heterocycles. The van der Waals surface area contributed by atoms with Gasteiger partial charge in [0.25, 0.3) is 5.56 Å². The van der Waals surface area contributed by atoms with Gasteiger partial charge in [0.1, 0.15) is 0 Å². The third kappa shape index (κ3) is 3.14. The van der Waals surface area contributed by atoms with Crippen LogP contribution in [0, 0.1) is 0 Å². The van der Waals surface area contributed by atoms with Crippen molar-refractivity contribution in [2.45, 2.75) is 6.54 Å². The highest BCUT2D eigenvalue weighted by atomic mass is 32.1. The second-order valence-electron chi connectivity index (χ2n) is 3.54. The summed E-state index contributed by atoms with van der Waals surface area (Å²) in [6.07, 6.45) is 4.16. The summed E-state index contributed by atoms with van der Waals surface area (Å²) in [5.74, 6) is -0.983. The van der Waals surface area contributed by atoms with Crippen LogP contribution in [-0.2, 0) is 11.3 Å². The number of rotatable bonds is 4. The van der Waals surface area contributed by atoms with Gasteiger partial charge in [0.05, 0.1) is 6.54 Å². The van der Waals surface area contributed by atoms with Gasteiger partial charge in [0.2, 0.25) is 0 Å². The van der Waals surface area contributed by atoms with Crippen molar-refractivity contribution in [1.82, 2.24) is 9.78 Å². The first-order valence-electron chi connectivity index (χ1n) is 5.16. The minimum Gasteiger partial charge on any atom is -0.478 e. The minimum atomic E-state index is -0.983. The molecule has 0 unspecified atom stereocenters. The average molecular weight is 262 g/mol. The summed E-state index contributed by atoms with van der Waals surface area (Å²) < 4.78 is 1.36. The maximum atomic E-state index is 11.5. The molecule has 0 fully saturated rings. The molecular weight excluding hydrogens is 252 g/mol. The van der Waals surface area contributed by atoms with E-state index < -0.39 is 5.97 Å². The number of carboxylic acids is 1. The van der Waals surface area contributed by atoms with Crippen LogP contribution in [0.4, 0.5) is 0 Å². The molecule has 0 aliphatic heterocycles. The van der Waals surface area contributed by atoms with Gasteiger partial charge in [-0.3, -0.25) is 4.79 Å². The van der Waals surface area contributed by atoms with Crippen LogP contribution in [0.15, 0.2) is 40.6 Å². The zero-order valence-electron chi connectivity index (χ0n) is 9.31. The fourth-order valence-corrected chi connectivity index (χ4v) is 2.22. The summed E-state index contributed by atoms with van der Waals surface area (Å²) in [4.78, 5) is 22.8. The molecule has 92 valence electrons. The molecule has 0 aliphatic carbocycles. The van der Waals surface area contributed by atoms with Gasteiger partial charge in [-0.05, 0) is 29.2 Å². The van der Waals surface area contributed by atoms with E-state index in [1.807, 2.05) is 11.4 Å². The van der Waals surface area contributed by atoms with E-state index in [9.17, 15) is 9.59 Å². The minimum absolute atomic E-state index is 0.159. The topological polar surface area (TPSA) is 72.2 Å². The first-order chi connectivity index (χ1) is 8.65. The SMILES string of the molecule is O=C(O)C=Cc1csc(Cn2ncccc2=O)c1. The van der Waals surface area contributed by atoms with E-state index in [2.05, 4.69) is 5.10 Å². The van der Waals surface area contributed by atoms with Crippen LogP contribution < -0.4 is 5.56 Å². The van der Waals surface area contributed by atoms with Gasteiger partial charge in [-0.15, -0.1) is 11.3 Å². The number of carboxylic acid groups (broad SMARTS) is 1. The molecule has 0 saturated carbocycles. The van der Waals surface area contributed by atoms with Crippen LogP contribution in [-0.4, -0.2) is 20.9 Å². The molecule has 1 N–H and O–H groups in total. The summed E-state index contributed by atoms with van der Waals surface area (Å²) >= 11 is 1.46. The van der Waals surface area contributed by atoms with E-state index in [4.69, 9.17) is 5.11 Å². The van der Waals surface area contributed by atoms with Crippen LogP contribution >= 0.6 is 11.3 Å². The Morgan fingerprint density at radius 1 is 1.56 bits per heavy atom. The molecule has 0 saturated heterocycles. The zero-order valence-corrected chi connectivity index (χ0v) is 10.1. The number of hydrogen-bond acceptors (Lipinski definition) is 4. The highest BCUT2D eigenvalue weighted by Crippen LogP contribution is 2.16. The van der Waals surface area contributed by atoms with E-state index in [0.717, 1.165) is 16.5 Å². The lowest BCUT2D eigenvalue weighted by atomic mass is 10.3. The predicted octanol–water partition coefficient (Wildman–Crippen LogP) is 1.45. The Hall–Kier alpha value is -2.21. The normalized spacial score (nSPS) is 10.9. The summed E-state index contributed by atoms with van der Waals surface area (Å²) in [6, 6.07) is 4.88. The Labute approximate surface area is 107 Å². The molecule has 2 heterocycles. The number of nitrogens with zero attached hydrogens (tertiary/aromatic N) is 2. The third-order valence-corrected chi connectivity index (χ3v) is 3.12. The van der Waals surface area contributed by atoms with E-state index in [0.29, 0.717) is 6.54 Å². The van der Waals surface area contributed by atoms with Crippen LogP contribution in [0.3, 0.4) is 0 Å². The van der Waals surface area contributed by atoms with Crippen LogP contribution in [0.2, 0.25) is 0 Å². The molecule has 0 aromatic carbocycles. The second kappa shape index (κ2) is 5.42. The van der Waals surface area contributed by atoms with Crippen molar-refractivity contribution in [2.75, 3.05) is 0 Å². The zero-order chi connectivity index (χ0) is 13.0. The number of aromatic nitrogens is 2. The van der Waals surface area contributed by atoms with E-state index in [-0.39, 0.29) is 5.56 Å². The first-order valence-corrected chi connectivity index (χ1v) is 6.03. The number of hydrogen-bond donors (Lipinski definition) is 1. The summed E-state index contributed by atoms with van der Waals surface area (Å²) in [5.41, 5.74) is 0.648. The van der Waals surface area contributed by atoms with Crippen LogP contribution in [0.25, 0.3) is 6.08 Å². The lowest BCUT2D eigenvalue weighted by molar-refractivity contribution is -0.131. The smallest absolute Gasteiger partial charge is 0.328 e. The largest absolute Gasteiger partial charge is 0.478 e. The fraction of sp³-hybridized carbons (Fsp3) is 0.0833. The summed E-state index contributed by atoms with van der Waals surface area (Å²) in [6.45, 7) is 0.394. The van der Waals surface area contributed by atoms with Crippen molar-refractivity contribution in [3.63, 3.8) is 0 Å². The molecule has 2 rings (SSSR count). The van der Waals surface area contributed by atoms with E-state index in [1.165, 1.54) is 28.2 Å². The predicted molar refractivity (Wildman–Crippen MR) is 68.6 cm³/mol. The average Bonchev–Trinajstić information content (AvgIpc) is 2.77. The highest BCUT2D eigenvalue weighted by Gasteiger charge is 2.01. The van der Waals surface area contributed by atoms with Crippen molar-refractivity contribution in [3.05, 3.63) is 56.6 Å². The number of thiophene rings is 1. The standard InChI is InChI=1S/C12H10N2O3S/c15-11-2-1-5-13-14(11)7-10-6-9(8-18-10)3-4-12(16)17/h1-6,8H,7H2,(H,16,17). The Morgan fingerprint density at radius 2 is 2.39 bits per heavy atom. The lowest BCUT2D eigenvalue weighted by Gasteiger charge is -1.99. The summed E-state index contributed by atoms with van der Waals surface area (Å²) in [5, 5.41) is 14.3. The van der Waals surface area contributed by atoms with Gasteiger partial charge >= 0.3 is 5.97 Å². The van der Waals surface area contributed by atoms with Gasteiger partial charge in [-0.1, -0.05) is 0 Å². The molecular formula is C12H10N2O3S. The second-order valence-corrected chi connectivity index (χ2v) is 4.53. The molecule has 18 heavy (non-hydrogen) atoms. The van der Waals surface area contributed by atoms with Gasteiger partial charge in [-0.25, -0.2) is 9.48 Å². The number of carbonyl (C=O) groups is 1. The lowest BCUT2D eigenvalue weighted by Crippen LogP contribution is -2.21. The maximum absolute atomic E-state index is 11.5. The Morgan fingerprint density at radius 3 is 3.11 bits per heavy atom. The van der Waals surface area contributed by atoms with Crippen molar-refractivity contribution in [2.24, 2.45) is 0 Å². The fourth-order valence-electron chi connectivity index (χ4n) is 1.39. The quantitative estimate of drug-likeness (QED) is 0.846. The summed E-state index contributed by atoms with van der Waals surface area (Å²) in [7, 11) is 0. The van der Waals surface area contributed by atoms with E-state index in [1.54, 1.807) is 12.3 Å². The maximum Gasteiger partial charge on any atom is 0.328 e. The van der Waals surface area contributed by atoms with Gasteiger partial charge < -0.3 is 5.11 Å². The molecule has 5 nitrogen and oxygen atoms in total. The number of aliphatic carboxylic acids is 1. The highest BCUT2D eigenvalue weighted by molar-refractivity contribution is 7.10. The van der Waals surface area contributed by atoms with Crippen molar-refractivity contribution in [3.8, 4) is 0 Å². The molecule has 0 spiro atoms. The third-order valence-electron chi connectivity index (χ3n) is 2.18. The van der Waals surface area contributed by atoms with Crippen LogP contribution in [0.5, 0.6) is 0 Å². The van der Waals surface area contributed by atoms with Gasteiger partial charge in [-0.2, -0.15) is 5.10 Å².